The lowest BCUT2D eigenvalue weighted by atomic mass is 9.80. The summed E-state index contributed by atoms with van der Waals surface area (Å²) in [5.41, 5.74) is 5.81. The normalized spacial score (nSPS) is 26.7. The molecule has 0 spiro atoms. The van der Waals surface area contributed by atoms with Gasteiger partial charge in [-0.3, -0.25) is 9.59 Å². The zero-order chi connectivity index (χ0) is 21.9. The van der Waals surface area contributed by atoms with Crippen molar-refractivity contribution in [2.75, 3.05) is 0 Å². The molecule has 0 N–H and O–H groups in total. The van der Waals surface area contributed by atoms with E-state index in [1.54, 1.807) is 0 Å². The fourth-order valence-electron chi connectivity index (χ4n) is 5.55. The van der Waals surface area contributed by atoms with E-state index >= 15 is 0 Å². The summed E-state index contributed by atoms with van der Waals surface area (Å²) in [7, 11) is 0. The SMILES string of the molecule is Cc1cc(-c2ccccc2)cc(C)c1C1=C(OC(=O)C(C)C)[C@H]2[C@@H](C1=O)[C@@H]1CC[C@H]2O1. The van der Waals surface area contributed by atoms with Gasteiger partial charge in [0.05, 0.1) is 35.5 Å². The molecule has 2 saturated heterocycles. The number of carbonyl (C=O) groups excluding carboxylic acids is 2. The number of benzene rings is 2. The highest BCUT2D eigenvalue weighted by Crippen LogP contribution is 2.55. The lowest BCUT2D eigenvalue weighted by Crippen LogP contribution is -2.30. The molecule has 0 aromatic heterocycles. The quantitative estimate of drug-likeness (QED) is 0.638. The highest BCUT2D eigenvalue weighted by Gasteiger charge is 2.60. The second-order valence-corrected chi connectivity index (χ2v) is 9.37. The van der Waals surface area contributed by atoms with Crippen molar-refractivity contribution >= 4 is 17.3 Å². The summed E-state index contributed by atoms with van der Waals surface area (Å²) in [5.74, 6) is -0.306. The number of esters is 1. The van der Waals surface area contributed by atoms with Crippen LogP contribution in [-0.4, -0.2) is 24.0 Å². The molecule has 2 heterocycles. The number of hydrogen-bond acceptors (Lipinski definition) is 4. The zero-order valence-electron chi connectivity index (χ0n) is 18.5. The van der Waals surface area contributed by atoms with Crippen molar-refractivity contribution in [1.29, 1.82) is 0 Å². The smallest absolute Gasteiger partial charge is 0.313 e. The first kappa shape index (κ1) is 20.2. The van der Waals surface area contributed by atoms with Crippen molar-refractivity contribution in [3.05, 3.63) is 64.9 Å². The third-order valence-corrected chi connectivity index (χ3v) is 6.94. The number of aryl methyl sites for hydroxylation is 2. The van der Waals surface area contributed by atoms with E-state index in [0.717, 1.165) is 40.7 Å². The highest BCUT2D eigenvalue weighted by molar-refractivity contribution is 6.26. The Morgan fingerprint density at radius 1 is 0.968 bits per heavy atom. The summed E-state index contributed by atoms with van der Waals surface area (Å²) in [6.07, 6.45) is 1.73. The third kappa shape index (κ3) is 3.16. The zero-order valence-corrected chi connectivity index (χ0v) is 18.5. The van der Waals surface area contributed by atoms with Crippen LogP contribution in [0.15, 0.2) is 48.2 Å². The molecule has 5 rings (SSSR count). The van der Waals surface area contributed by atoms with Crippen LogP contribution in [0.5, 0.6) is 0 Å². The molecule has 2 aromatic rings. The Kier molecular flexibility index (Phi) is 4.86. The lowest BCUT2D eigenvalue weighted by molar-refractivity contribution is -0.144. The van der Waals surface area contributed by atoms with Crippen molar-refractivity contribution in [3.8, 4) is 11.1 Å². The standard InChI is InChI=1S/C27H28O4/c1-14(2)27(29)31-26-23-20-11-10-19(30-20)22(23)25(28)24(26)21-15(3)12-18(13-16(21)4)17-8-6-5-7-9-17/h5-9,12-14,19-20,22-23H,10-11H2,1-4H3/t19-,20+,22-,23+/m0/s1. The average Bonchev–Trinajstić information content (AvgIpc) is 3.43. The van der Waals surface area contributed by atoms with E-state index in [1.807, 2.05) is 45.9 Å². The van der Waals surface area contributed by atoms with E-state index in [9.17, 15) is 9.59 Å². The van der Waals surface area contributed by atoms with E-state index in [0.29, 0.717) is 11.3 Å². The highest BCUT2D eigenvalue weighted by atomic mass is 16.5. The molecule has 4 nitrogen and oxygen atoms in total. The average molecular weight is 417 g/mol. The molecule has 0 saturated carbocycles. The molecule has 1 aliphatic carbocycles. The second kappa shape index (κ2) is 7.45. The fraction of sp³-hybridized carbons (Fsp3) is 0.407. The Balaban J connectivity index is 1.65. The number of rotatable bonds is 4. The number of hydrogen-bond donors (Lipinski definition) is 0. The minimum Gasteiger partial charge on any atom is -0.430 e. The van der Waals surface area contributed by atoms with Crippen LogP contribution >= 0.6 is 0 Å². The molecule has 4 atom stereocenters. The van der Waals surface area contributed by atoms with Gasteiger partial charge in [0.1, 0.15) is 5.76 Å². The van der Waals surface area contributed by atoms with Gasteiger partial charge in [-0.1, -0.05) is 56.3 Å². The first-order valence-electron chi connectivity index (χ1n) is 11.2. The van der Waals surface area contributed by atoms with Crippen LogP contribution in [0.3, 0.4) is 0 Å². The summed E-state index contributed by atoms with van der Waals surface area (Å²) in [5, 5.41) is 0. The summed E-state index contributed by atoms with van der Waals surface area (Å²) in [6, 6.07) is 14.5. The topological polar surface area (TPSA) is 52.6 Å². The molecule has 0 radical (unpaired) electrons. The van der Waals surface area contributed by atoms with Gasteiger partial charge in [0.2, 0.25) is 0 Å². The van der Waals surface area contributed by atoms with Crippen molar-refractivity contribution in [2.24, 2.45) is 17.8 Å². The summed E-state index contributed by atoms with van der Waals surface area (Å²) < 4.78 is 12.0. The molecule has 0 unspecified atom stereocenters. The number of ether oxygens (including phenoxy) is 2. The van der Waals surface area contributed by atoms with E-state index in [-0.39, 0.29) is 41.7 Å². The van der Waals surface area contributed by atoms with Crippen LogP contribution in [0.25, 0.3) is 16.7 Å². The van der Waals surface area contributed by atoms with Gasteiger partial charge < -0.3 is 9.47 Å². The maximum Gasteiger partial charge on any atom is 0.313 e. The van der Waals surface area contributed by atoms with Crippen molar-refractivity contribution in [3.63, 3.8) is 0 Å². The van der Waals surface area contributed by atoms with Crippen molar-refractivity contribution < 1.29 is 19.1 Å². The second-order valence-electron chi connectivity index (χ2n) is 9.37. The molecule has 2 bridgehead atoms. The maximum absolute atomic E-state index is 13.7. The van der Waals surface area contributed by atoms with Crippen LogP contribution in [0, 0.1) is 31.6 Å². The molecule has 31 heavy (non-hydrogen) atoms. The Labute approximate surface area is 183 Å². The largest absolute Gasteiger partial charge is 0.430 e. The first-order chi connectivity index (χ1) is 14.9. The van der Waals surface area contributed by atoms with Gasteiger partial charge in [0, 0.05) is 0 Å². The van der Waals surface area contributed by atoms with E-state index < -0.39 is 0 Å². The Hall–Kier alpha value is -2.72. The van der Waals surface area contributed by atoms with Crippen molar-refractivity contribution in [2.45, 2.75) is 52.7 Å². The van der Waals surface area contributed by atoms with Crippen LogP contribution in [-0.2, 0) is 19.1 Å². The van der Waals surface area contributed by atoms with Crippen LogP contribution in [0.2, 0.25) is 0 Å². The molecular formula is C27H28O4. The third-order valence-electron chi connectivity index (χ3n) is 6.94. The predicted octanol–water partition coefficient (Wildman–Crippen LogP) is 5.26. The van der Waals surface area contributed by atoms with Crippen LogP contribution in [0.1, 0.15) is 43.4 Å². The molecule has 2 aliphatic heterocycles. The number of carbonyl (C=O) groups is 2. The molecule has 2 aromatic carbocycles. The van der Waals surface area contributed by atoms with Gasteiger partial charge in [0.25, 0.3) is 0 Å². The van der Waals surface area contributed by atoms with Crippen LogP contribution in [0.4, 0.5) is 0 Å². The number of ketones is 1. The summed E-state index contributed by atoms with van der Waals surface area (Å²) in [6.45, 7) is 7.71. The van der Waals surface area contributed by atoms with Gasteiger partial charge in [-0.25, -0.2) is 0 Å². The predicted molar refractivity (Wildman–Crippen MR) is 119 cm³/mol. The summed E-state index contributed by atoms with van der Waals surface area (Å²) in [4.78, 5) is 26.2. The summed E-state index contributed by atoms with van der Waals surface area (Å²) >= 11 is 0. The van der Waals surface area contributed by atoms with E-state index in [2.05, 4.69) is 24.3 Å². The Bertz CT molecular complexity index is 1070. The molecular weight excluding hydrogens is 388 g/mol. The first-order valence-corrected chi connectivity index (χ1v) is 11.2. The number of Topliss-reactive ketones (excluding diaryl/α,β-unsaturated/α-hetero) is 1. The number of fused-ring (bicyclic) bond motifs is 5. The lowest BCUT2D eigenvalue weighted by Gasteiger charge is -2.22. The molecule has 2 fully saturated rings. The van der Waals surface area contributed by atoms with Gasteiger partial charge >= 0.3 is 5.97 Å². The van der Waals surface area contributed by atoms with E-state index in [4.69, 9.17) is 9.47 Å². The molecule has 160 valence electrons. The Morgan fingerprint density at radius 3 is 2.19 bits per heavy atom. The minimum absolute atomic E-state index is 0.0318. The van der Waals surface area contributed by atoms with Gasteiger partial charge in [-0.2, -0.15) is 0 Å². The maximum atomic E-state index is 13.7. The van der Waals surface area contributed by atoms with Gasteiger partial charge in [-0.15, -0.1) is 0 Å². The van der Waals surface area contributed by atoms with E-state index in [1.165, 1.54) is 0 Å². The number of allylic oxidation sites excluding steroid dienone is 1. The van der Waals surface area contributed by atoms with Gasteiger partial charge in [-0.05, 0) is 54.5 Å². The minimum atomic E-state index is -0.292. The molecule has 3 aliphatic rings. The molecule has 4 heteroatoms. The monoisotopic (exact) mass is 416 g/mol. The molecule has 0 amide bonds. The van der Waals surface area contributed by atoms with Crippen LogP contribution < -0.4 is 0 Å². The fourth-order valence-corrected chi connectivity index (χ4v) is 5.55. The van der Waals surface area contributed by atoms with Gasteiger partial charge in [0.15, 0.2) is 5.78 Å². The van der Waals surface area contributed by atoms with Crippen molar-refractivity contribution in [1.82, 2.24) is 0 Å². The Morgan fingerprint density at radius 2 is 1.58 bits per heavy atom.